The number of carbonyl (C=O) groups is 1. The highest BCUT2D eigenvalue weighted by atomic mass is 16.1. The summed E-state index contributed by atoms with van der Waals surface area (Å²) in [4.78, 5) is 16.1. The minimum absolute atomic E-state index is 0.0905. The second kappa shape index (κ2) is 10.9. The van der Waals surface area contributed by atoms with Crippen molar-refractivity contribution in [2.24, 2.45) is 5.73 Å². The van der Waals surface area contributed by atoms with Crippen molar-refractivity contribution >= 4 is 5.91 Å². The van der Waals surface area contributed by atoms with E-state index in [2.05, 4.69) is 29.1 Å². The zero-order valence-corrected chi connectivity index (χ0v) is 12.8. The van der Waals surface area contributed by atoms with Gasteiger partial charge in [0.25, 0.3) is 5.91 Å². The molecule has 0 saturated heterocycles. The van der Waals surface area contributed by atoms with E-state index in [0.717, 1.165) is 12.8 Å². The quantitative estimate of drug-likeness (QED) is 0.570. The molecule has 0 fully saturated rings. The van der Waals surface area contributed by atoms with E-state index in [-0.39, 0.29) is 12.5 Å². The van der Waals surface area contributed by atoms with E-state index < -0.39 is 0 Å². The predicted molar refractivity (Wildman–Crippen MR) is 85.9 cm³/mol. The molecule has 0 aromatic carbocycles. The van der Waals surface area contributed by atoms with Crippen LogP contribution in [0.3, 0.4) is 0 Å². The summed E-state index contributed by atoms with van der Waals surface area (Å²) in [5.74, 6) is 5.54. The molecule has 1 heterocycles. The van der Waals surface area contributed by atoms with Gasteiger partial charge in [0, 0.05) is 18.9 Å². The Labute approximate surface area is 127 Å². The number of hydrogen-bond donors (Lipinski definition) is 2. The smallest absolute Gasteiger partial charge is 0.252 e. The fraction of sp³-hybridized carbons (Fsp3) is 0.529. The Morgan fingerprint density at radius 2 is 2.05 bits per heavy atom. The minimum Gasteiger partial charge on any atom is -0.352 e. The second-order valence-corrected chi connectivity index (χ2v) is 4.95. The molecule has 0 spiro atoms. The molecule has 0 radical (unpaired) electrons. The van der Waals surface area contributed by atoms with Crippen LogP contribution in [-0.4, -0.2) is 24.0 Å². The Kier molecular flexibility index (Phi) is 8.90. The molecule has 3 N–H and O–H groups in total. The molecular formula is C17H25N3O. The van der Waals surface area contributed by atoms with Gasteiger partial charge < -0.3 is 11.1 Å². The van der Waals surface area contributed by atoms with Crippen LogP contribution in [0.15, 0.2) is 18.5 Å². The lowest BCUT2D eigenvalue weighted by Gasteiger charge is -2.06. The molecule has 21 heavy (non-hydrogen) atoms. The molecule has 0 bridgehead atoms. The molecule has 0 saturated carbocycles. The van der Waals surface area contributed by atoms with E-state index in [0.29, 0.717) is 17.7 Å². The van der Waals surface area contributed by atoms with E-state index in [4.69, 9.17) is 5.73 Å². The number of amides is 1. The first-order valence-corrected chi connectivity index (χ1v) is 7.70. The summed E-state index contributed by atoms with van der Waals surface area (Å²) in [5.41, 5.74) is 6.55. The number of nitrogens with zero attached hydrogens (tertiary/aromatic N) is 1. The fourth-order valence-corrected chi connectivity index (χ4v) is 2.04. The third-order valence-corrected chi connectivity index (χ3v) is 3.21. The molecule has 0 aliphatic rings. The van der Waals surface area contributed by atoms with Gasteiger partial charge in [0.2, 0.25) is 0 Å². The van der Waals surface area contributed by atoms with Gasteiger partial charge in [0.1, 0.15) is 0 Å². The minimum atomic E-state index is -0.0905. The normalized spacial score (nSPS) is 9.81. The summed E-state index contributed by atoms with van der Waals surface area (Å²) in [7, 11) is 0. The number of hydrogen-bond acceptors (Lipinski definition) is 3. The van der Waals surface area contributed by atoms with Gasteiger partial charge in [-0.3, -0.25) is 9.78 Å². The van der Waals surface area contributed by atoms with Gasteiger partial charge in [-0.15, -0.1) is 0 Å². The van der Waals surface area contributed by atoms with Crippen molar-refractivity contribution in [3.05, 3.63) is 29.6 Å². The van der Waals surface area contributed by atoms with Crippen molar-refractivity contribution in [3.8, 4) is 11.8 Å². The highest BCUT2D eigenvalue weighted by Crippen LogP contribution is 2.06. The molecule has 4 heteroatoms. The van der Waals surface area contributed by atoms with Crippen LogP contribution in [0.2, 0.25) is 0 Å². The molecule has 1 aromatic rings. The predicted octanol–water partition coefficient (Wildman–Crippen LogP) is 2.48. The summed E-state index contributed by atoms with van der Waals surface area (Å²) < 4.78 is 0. The largest absolute Gasteiger partial charge is 0.352 e. The van der Waals surface area contributed by atoms with Crippen molar-refractivity contribution in [3.63, 3.8) is 0 Å². The number of pyridine rings is 1. The zero-order valence-electron chi connectivity index (χ0n) is 12.8. The van der Waals surface area contributed by atoms with Gasteiger partial charge in [-0.25, -0.2) is 0 Å². The van der Waals surface area contributed by atoms with E-state index in [1.807, 2.05) is 0 Å². The van der Waals surface area contributed by atoms with Gasteiger partial charge in [-0.2, -0.15) is 0 Å². The summed E-state index contributed by atoms with van der Waals surface area (Å²) in [6.07, 6.45) is 10.5. The summed E-state index contributed by atoms with van der Waals surface area (Å²) in [6, 6.07) is 1.69. The van der Waals surface area contributed by atoms with Gasteiger partial charge in [-0.05, 0) is 12.5 Å². The molecular weight excluding hydrogens is 262 g/mol. The number of aromatic nitrogens is 1. The number of nitrogens with one attached hydrogen (secondary N) is 1. The molecule has 1 aromatic heterocycles. The first kappa shape index (κ1) is 17.2. The third kappa shape index (κ3) is 6.92. The van der Waals surface area contributed by atoms with Crippen LogP contribution in [0.4, 0.5) is 0 Å². The molecule has 0 atom stereocenters. The van der Waals surface area contributed by atoms with Crippen molar-refractivity contribution in [1.29, 1.82) is 0 Å². The van der Waals surface area contributed by atoms with Crippen LogP contribution in [0.5, 0.6) is 0 Å². The van der Waals surface area contributed by atoms with Crippen LogP contribution < -0.4 is 11.1 Å². The molecule has 0 unspecified atom stereocenters. The fourth-order valence-electron chi connectivity index (χ4n) is 2.04. The molecule has 1 amide bonds. The van der Waals surface area contributed by atoms with Gasteiger partial charge in [-0.1, -0.05) is 50.9 Å². The first-order chi connectivity index (χ1) is 10.3. The van der Waals surface area contributed by atoms with Crippen LogP contribution in [0.1, 0.15) is 61.4 Å². The summed E-state index contributed by atoms with van der Waals surface area (Å²) in [6.45, 7) is 3.19. The average Bonchev–Trinajstić information content (AvgIpc) is 2.52. The lowest BCUT2D eigenvalue weighted by molar-refractivity contribution is 0.0952. The van der Waals surface area contributed by atoms with Gasteiger partial charge in [0.15, 0.2) is 0 Å². The summed E-state index contributed by atoms with van der Waals surface area (Å²) >= 11 is 0. The van der Waals surface area contributed by atoms with E-state index in [1.54, 1.807) is 18.5 Å². The molecule has 0 aliphatic heterocycles. The lowest BCUT2D eigenvalue weighted by Crippen LogP contribution is -2.25. The van der Waals surface area contributed by atoms with Crippen LogP contribution >= 0.6 is 0 Å². The van der Waals surface area contributed by atoms with Gasteiger partial charge in [0.05, 0.1) is 17.7 Å². The number of unbranched alkanes of at least 4 members (excludes halogenated alkanes) is 5. The van der Waals surface area contributed by atoms with Crippen LogP contribution in [0, 0.1) is 11.8 Å². The van der Waals surface area contributed by atoms with Crippen molar-refractivity contribution in [2.45, 2.75) is 45.4 Å². The average molecular weight is 287 g/mol. The van der Waals surface area contributed by atoms with E-state index in [9.17, 15) is 4.79 Å². The Balaban J connectivity index is 2.38. The zero-order chi connectivity index (χ0) is 15.3. The topological polar surface area (TPSA) is 68.0 Å². The van der Waals surface area contributed by atoms with E-state index >= 15 is 0 Å². The molecule has 114 valence electrons. The number of rotatable bonds is 8. The van der Waals surface area contributed by atoms with Gasteiger partial charge >= 0.3 is 0 Å². The Morgan fingerprint density at radius 3 is 2.81 bits per heavy atom. The summed E-state index contributed by atoms with van der Waals surface area (Å²) in [5, 5.41) is 2.94. The lowest BCUT2D eigenvalue weighted by atomic mass is 10.1. The van der Waals surface area contributed by atoms with Crippen LogP contribution in [-0.2, 0) is 0 Å². The highest BCUT2D eigenvalue weighted by molar-refractivity contribution is 5.96. The Bertz CT molecular complexity index is 488. The third-order valence-electron chi connectivity index (χ3n) is 3.21. The monoisotopic (exact) mass is 287 g/mol. The van der Waals surface area contributed by atoms with Crippen molar-refractivity contribution in [2.75, 3.05) is 13.1 Å². The standard InChI is InChI=1S/C17H25N3O/c1-2-3-4-5-6-7-12-20-17(21)16-10-13-19-14-15(16)9-8-11-18/h10,13-14H,2-7,11-12,18H2,1H3,(H,20,21). The maximum Gasteiger partial charge on any atom is 0.252 e. The molecule has 4 nitrogen and oxygen atoms in total. The highest BCUT2D eigenvalue weighted by Gasteiger charge is 2.09. The van der Waals surface area contributed by atoms with Crippen molar-refractivity contribution < 1.29 is 4.79 Å². The number of carbonyl (C=O) groups excluding carboxylic acids is 1. The number of nitrogens with two attached hydrogens (primary N) is 1. The maximum absolute atomic E-state index is 12.1. The molecule has 1 rings (SSSR count). The SMILES string of the molecule is CCCCCCCCNC(=O)c1ccncc1C#CCN. The van der Waals surface area contributed by atoms with Crippen LogP contribution in [0.25, 0.3) is 0 Å². The Hall–Kier alpha value is -1.86. The molecule has 0 aliphatic carbocycles. The second-order valence-electron chi connectivity index (χ2n) is 4.95. The van der Waals surface area contributed by atoms with E-state index in [1.165, 1.54) is 25.7 Å². The Morgan fingerprint density at radius 1 is 1.29 bits per heavy atom. The first-order valence-electron chi connectivity index (χ1n) is 7.70. The maximum atomic E-state index is 12.1. The van der Waals surface area contributed by atoms with Crippen molar-refractivity contribution in [1.82, 2.24) is 10.3 Å².